The highest BCUT2D eigenvalue weighted by Crippen LogP contribution is 2.43. The van der Waals surface area contributed by atoms with E-state index in [0.717, 1.165) is 16.7 Å². The van der Waals surface area contributed by atoms with Crippen molar-refractivity contribution in [2.45, 2.75) is 30.1 Å². The number of hydrogen-bond acceptors (Lipinski definition) is 12. The third-order valence-corrected chi connectivity index (χ3v) is 10.3. The Balaban J connectivity index is 1.11. The Morgan fingerprint density at radius 3 is 1.80 bits per heavy atom. The summed E-state index contributed by atoms with van der Waals surface area (Å²) in [7, 11) is 4.83. The van der Waals surface area contributed by atoms with Gasteiger partial charge < -0.3 is 39.2 Å². The number of fused-ring (bicyclic) bond motifs is 1. The maximum Gasteiger partial charge on any atom is 0.425 e. The van der Waals surface area contributed by atoms with Crippen LogP contribution in [-0.4, -0.2) is 82.0 Å². The first-order valence-corrected chi connectivity index (χ1v) is 18.9. The number of methoxy groups -OCH3 is 2. The van der Waals surface area contributed by atoms with E-state index in [1.807, 2.05) is 115 Å². The van der Waals surface area contributed by atoms with Gasteiger partial charge in [-0.1, -0.05) is 91.0 Å². The minimum Gasteiger partial charge on any atom is -0.497 e. The number of nitrogens with one attached hydrogen (secondary N) is 1. The van der Waals surface area contributed by atoms with Crippen LogP contribution in [0.1, 0.15) is 22.9 Å². The van der Waals surface area contributed by atoms with Crippen LogP contribution in [0.4, 0.5) is 22.1 Å². The summed E-state index contributed by atoms with van der Waals surface area (Å²) in [5, 5.41) is 26.0. The molecule has 0 radical (unpaired) electrons. The van der Waals surface area contributed by atoms with Crippen LogP contribution in [0.3, 0.4) is 0 Å². The van der Waals surface area contributed by atoms with E-state index < -0.39 is 36.2 Å². The van der Waals surface area contributed by atoms with Gasteiger partial charge in [-0.25, -0.2) is 14.7 Å². The van der Waals surface area contributed by atoms with Crippen molar-refractivity contribution in [1.82, 2.24) is 19.5 Å². The molecule has 8 rings (SSSR count). The smallest absolute Gasteiger partial charge is 0.425 e. The van der Waals surface area contributed by atoms with Crippen molar-refractivity contribution in [3.05, 3.63) is 163 Å². The molecule has 2 aromatic heterocycles. The van der Waals surface area contributed by atoms with E-state index in [1.165, 1.54) is 15.8 Å². The number of aliphatic hydroxyl groups excluding tert-OH is 2. The summed E-state index contributed by atoms with van der Waals surface area (Å²) < 4.78 is 31.8. The minimum atomic E-state index is -1.43. The number of hydrogen-bond donors (Lipinski definition) is 3. The number of anilines is 3. The molecule has 59 heavy (non-hydrogen) atoms. The molecule has 1 unspecified atom stereocenters. The Morgan fingerprint density at radius 2 is 1.27 bits per heavy atom. The van der Waals surface area contributed by atoms with Crippen LogP contribution in [0.15, 0.2) is 146 Å². The fourth-order valence-corrected chi connectivity index (χ4v) is 7.28. The molecular weight excluding hydrogens is 753 g/mol. The van der Waals surface area contributed by atoms with Crippen molar-refractivity contribution in [2.24, 2.45) is 0 Å². The topological polar surface area (TPSA) is 163 Å². The van der Waals surface area contributed by atoms with E-state index >= 15 is 0 Å². The number of carbonyl (C=O) groups excluding carboxylic acids is 1. The molecule has 7 aromatic rings. The second kappa shape index (κ2) is 16.9. The van der Waals surface area contributed by atoms with E-state index in [-0.39, 0.29) is 29.6 Å². The standard InChI is InChI=1S/C45H42N6O8/c1-46-43-48-40-37(41(49-43)59-44(54)51(32-15-9-5-10-16-32)33-17-11-6-12-18-33)47-28-50(40)42-39(53)38(52)36(58-42)27-57-45(29-13-7-4-8-14-29,30-19-23-34(55-2)24-20-30)31-21-25-35(56-3)26-22-31/h4-26,28,36,38-39,42,52-53H,27H2,1-3H3,(H,46,48,49)/t36-,38?,39+,42-/m1/s1. The molecule has 0 spiro atoms. The lowest BCUT2D eigenvalue weighted by atomic mass is 9.80. The van der Waals surface area contributed by atoms with Crippen molar-refractivity contribution in [3.8, 4) is 17.4 Å². The molecule has 1 saturated heterocycles. The molecule has 1 aliphatic heterocycles. The number of benzene rings is 5. The molecule has 3 heterocycles. The molecule has 1 amide bonds. The van der Waals surface area contributed by atoms with Crippen LogP contribution in [0.5, 0.6) is 17.4 Å². The van der Waals surface area contributed by atoms with E-state index in [9.17, 15) is 15.0 Å². The van der Waals surface area contributed by atoms with Crippen LogP contribution in [0.25, 0.3) is 11.2 Å². The zero-order valence-electron chi connectivity index (χ0n) is 32.5. The molecular formula is C45H42N6O8. The Kier molecular flexibility index (Phi) is 11.2. The third kappa shape index (κ3) is 7.53. The molecule has 0 aliphatic carbocycles. The van der Waals surface area contributed by atoms with E-state index in [4.69, 9.17) is 23.7 Å². The van der Waals surface area contributed by atoms with Gasteiger partial charge in [-0.3, -0.25) is 4.57 Å². The number of carbonyl (C=O) groups is 1. The number of nitrogens with zero attached hydrogens (tertiary/aromatic N) is 5. The van der Waals surface area contributed by atoms with Gasteiger partial charge in [-0.05, 0) is 65.2 Å². The molecule has 14 heteroatoms. The molecule has 0 bridgehead atoms. The highest BCUT2D eigenvalue weighted by atomic mass is 16.6. The normalized spacial score (nSPS) is 17.7. The number of para-hydroxylation sites is 2. The Bertz CT molecular complexity index is 2400. The molecule has 0 saturated carbocycles. The van der Waals surface area contributed by atoms with Crippen molar-refractivity contribution in [3.63, 3.8) is 0 Å². The van der Waals surface area contributed by atoms with Crippen molar-refractivity contribution in [1.29, 1.82) is 0 Å². The predicted molar refractivity (Wildman–Crippen MR) is 220 cm³/mol. The highest BCUT2D eigenvalue weighted by Gasteiger charge is 2.47. The van der Waals surface area contributed by atoms with Gasteiger partial charge in [0.1, 0.15) is 35.4 Å². The minimum absolute atomic E-state index is 0.118. The van der Waals surface area contributed by atoms with Gasteiger partial charge in [0, 0.05) is 7.05 Å². The molecule has 5 aromatic carbocycles. The van der Waals surface area contributed by atoms with Crippen LogP contribution < -0.4 is 24.4 Å². The number of rotatable bonds is 13. The maximum atomic E-state index is 13.9. The summed E-state index contributed by atoms with van der Waals surface area (Å²) in [5.74, 6) is 1.34. The van der Waals surface area contributed by atoms with Gasteiger partial charge in [0.15, 0.2) is 17.4 Å². The molecule has 4 atom stereocenters. The van der Waals surface area contributed by atoms with Crippen LogP contribution >= 0.6 is 0 Å². The molecule has 3 N–H and O–H groups in total. The second-order valence-corrected chi connectivity index (χ2v) is 13.7. The van der Waals surface area contributed by atoms with Gasteiger partial charge in [0.05, 0.1) is 38.5 Å². The monoisotopic (exact) mass is 794 g/mol. The summed E-state index contributed by atoms with van der Waals surface area (Å²) in [4.78, 5) is 28.9. The van der Waals surface area contributed by atoms with Gasteiger partial charge in [-0.15, -0.1) is 0 Å². The van der Waals surface area contributed by atoms with E-state index in [0.29, 0.717) is 22.9 Å². The SMILES string of the molecule is CNc1nc(OC(=O)N(c2ccccc2)c2ccccc2)c2ncn([C@@H]3O[C@H](COC(c4ccccc4)(c4ccc(OC)cc4)c4ccc(OC)cc4)C(O)[C@@H]3O)c2n1. The van der Waals surface area contributed by atoms with Crippen molar-refractivity contribution >= 4 is 34.6 Å². The molecule has 1 aliphatic rings. The van der Waals surface area contributed by atoms with Crippen molar-refractivity contribution < 1.29 is 38.7 Å². The van der Waals surface area contributed by atoms with Crippen LogP contribution in [0, 0.1) is 0 Å². The maximum absolute atomic E-state index is 13.9. The number of amides is 1. The highest BCUT2D eigenvalue weighted by molar-refractivity contribution is 5.98. The number of imidazole rings is 1. The van der Waals surface area contributed by atoms with Gasteiger partial charge in [0.2, 0.25) is 5.95 Å². The van der Waals surface area contributed by atoms with E-state index in [2.05, 4.69) is 20.3 Å². The van der Waals surface area contributed by atoms with Crippen LogP contribution in [-0.2, 0) is 15.1 Å². The molecule has 300 valence electrons. The fraction of sp³-hybridized carbons (Fsp3) is 0.200. The Morgan fingerprint density at radius 1 is 0.746 bits per heavy atom. The lowest BCUT2D eigenvalue weighted by molar-refractivity contribution is -0.0942. The largest absolute Gasteiger partial charge is 0.497 e. The van der Waals surface area contributed by atoms with Crippen LogP contribution in [0.2, 0.25) is 0 Å². The zero-order chi connectivity index (χ0) is 40.9. The summed E-state index contributed by atoms with van der Waals surface area (Å²) in [6, 6.07) is 43.0. The Hall–Kier alpha value is -6.84. The summed E-state index contributed by atoms with van der Waals surface area (Å²) in [6.45, 7) is -0.150. The van der Waals surface area contributed by atoms with Gasteiger partial charge >= 0.3 is 6.09 Å². The summed E-state index contributed by atoms with van der Waals surface area (Å²) >= 11 is 0. The number of aromatic nitrogens is 4. The summed E-state index contributed by atoms with van der Waals surface area (Å²) in [6.07, 6.45) is -4.33. The fourth-order valence-electron chi connectivity index (χ4n) is 7.28. The van der Waals surface area contributed by atoms with Crippen molar-refractivity contribution in [2.75, 3.05) is 38.1 Å². The first kappa shape index (κ1) is 39.0. The average molecular weight is 795 g/mol. The first-order chi connectivity index (χ1) is 28.8. The zero-order valence-corrected chi connectivity index (χ0v) is 32.5. The lowest BCUT2D eigenvalue weighted by Crippen LogP contribution is -2.39. The number of ether oxygens (including phenoxy) is 5. The average Bonchev–Trinajstić information content (AvgIpc) is 3.84. The lowest BCUT2D eigenvalue weighted by Gasteiger charge is -2.37. The van der Waals surface area contributed by atoms with Gasteiger partial charge in [0.25, 0.3) is 5.88 Å². The van der Waals surface area contributed by atoms with E-state index in [1.54, 1.807) is 45.5 Å². The predicted octanol–water partition coefficient (Wildman–Crippen LogP) is 6.85. The number of aliphatic hydroxyl groups is 2. The Labute approximate surface area is 340 Å². The first-order valence-electron chi connectivity index (χ1n) is 18.9. The molecule has 14 nitrogen and oxygen atoms in total. The quantitative estimate of drug-likeness (QED) is 0.104. The third-order valence-electron chi connectivity index (χ3n) is 10.3. The second-order valence-electron chi connectivity index (χ2n) is 13.7. The summed E-state index contributed by atoms with van der Waals surface area (Å²) in [5.41, 5.74) is 2.66. The molecule has 1 fully saturated rings. The van der Waals surface area contributed by atoms with Gasteiger partial charge in [-0.2, -0.15) is 9.97 Å².